The number of carbonyl (C=O) groups is 1. The molecule has 1 fully saturated rings. The van der Waals surface area contributed by atoms with Gasteiger partial charge in [0.1, 0.15) is 0 Å². The highest BCUT2D eigenvalue weighted by Crippen LogP contribution is 2.21. The zero-order valence-corrected chi connectivity index (χ0v) is 8.76. The number of hydrogen-bond donors (Lipinski definition) is 2. The Morgan fingerprint density at radius 1 is 1.46 bits per heavy atom. The lowest BCUT2D eigenvalue weighted by molar-refractivity contribution is -0.125. The maximum atomic E-state index is 11.6. The minimum atomic E-state index is -0.395. The third-order valence-corrected chi connectivity index (χ3v) is 2.67. The van der Waals surface area contributed by atoms with Gasteiger partial charge in [0.15, 0.2) is 0 Å². The molecule has 1 amide bonds. The second-order valence-electron chi connectivity index (χ2n) is 4.98. The van der Waals surface area contributed by atoms with Crippen molar-refractivity contribution in [1.82, 2.24) is 5.32 Å². The van der Waals surface area contributed by atoms with Crippen molar-refractivity contribution in [3.63, 3.8) is 0 Å². The Morgan fingerprint density at radius 2 is 2.00 bits per heavy atom. The molecule has 1 atom stereocenters. The van der Waals surface area contributed by atoms with Gasteiger partial charge in [-0.05, 0) is 24.7 Å². The highest BCUT2D eigenvalue weighted by Gasteiger charge is 2.29. The predicted molar refractivity (Wildman–Crippen MR) is 53.2 cm³/mol. The van der Waals surface area contributed by atoms with Gasteiger partial charge < -0.3 is 11.1 Å². The van der Waals surface area contributed by atoms with Gasteiger partial charge in [0, 0.05) is 6.04 Å². The van der Waals surface area contributed by atoms with Crippen LogP contribution in [0.1, 0.15) is 40.0 Å². The molecule has 0 aromatic rings. The number of rotatable bonds is 2. The van der Waals surface area contributed by atoms with E-state index in [4.69, 9.17) is 5.73 Å². The SMILES string of the molecule is CC(C)(C)[C@H](N)C(=O)NC1CCC1. The van der Waals surface area contributed by atoms with Crippen LogP contribution >= 0.6 is 0 Å². The van der Waals surface area contributed by atoms with Crippen LogP contribution in [0.25, 0.3) is 0 Å². The predicted octanol–water partition coefficient (Wildman–Crippen LogP) is 1.03. The van der Waals surface area contributed by atoms with Gasteiger partial charge in [-0.1, -0.05) is 20.8 Å². The molecule has 3 nitrogen and oxygen atoms in total. The van der Waals surface area contributed by atoms with Crippen LogP contribution < -0.4 is 11.1 Å². The van der Waals surface area contributed by atoms with Gasteiger partial charge in [-0.15, -0.1) is 0 Å². The molecule has 0 aliphatic heterocycles. The summed E-state index contributed by atoms with van der Waals surface area (Å²) in [6.45, 7) is 5.95. The van der Waals surface area contributed by atoms with Gasteiger partial charge in [-0.2, -0.15) is 0 Å². The Labute approximate surface area is 80.1 Å². The van der Waals surface area contributed by atoms with E-state index in [1.54, 1.807) is 0 Å². The molecule has 0 aromatic carbocycles. The van der Waals surface area contributed by atoms with E-state index >= 15 is 0 Å². The molecule has 1 saturated carbocycles. The summed E-state index contributed by atoms with van der Waals surface area (Å²) in [5, 5.41) is 2.96. The third kappa shape index (κ3) is 2.69. The normalized spacial score (nSPS) is 20.6. The molecule has 1 rings (SSSR count). The van der Waals surface area contributed by atoms with Crippen molar-refractivity contribution < 1.29 is 4.79 Å². The molecule has 3 N–H and O–H groups in total. The standard InChI is InChI=1S/C10H20N2O/c1-10(2,3)8(11)9(13)12-7-5-4-6-7/h7-8H,4-6,11H2,1-3H3,(H,12,13)/t8-/m1/s1. The summed E-state index contributed by atoms with van der Waals surface area (Å²) < 4.78 is 0. The van der Waals surface area contributed by atoms with Gasteiger partial charge in [0.2, 0.25) is 5.91 Å². The summed E-state index contributed by atoms with van der Waals surface area (Å²) >= 11 is 0. The van der Waals surface area contributed by atoms with Crippen LogP contribution in [0.5, 0.6) is 0 Å². The van der Waals surface area contributed by atoms with E-state index < -0.39 is 6.04 Å². The van der Waals surface area contributed by atoms with Crippen LogP contribution in [0.3, 0.4) is 0 Å². The van der Waals surface area contributed by atoms with E-state index in [0.717, 1.165) is 12.8 Å². The van der Waals surface area contributed by atoms with Crippen molar-refractivity contribution in [2.75, 3.05) is 0 Å². The molecule has 0 aromatic heterocycles. The van der Waals surface area contributed by atoms with E-state index in [-0.39, 0.29) is 11.3 Å². The van der Waals surface area contributed by atoms with Crippen LogP contribution in [-0.2, 0) is 4.79 Å². The molecule has 0 heterocycles. The average molecular weight is 184 g/mol. The quantitative estimate of drug-likeness (QED) is 0.673. The second-order valence-corrected chi connectivity index (χ2v) is 4.98. The fraction of sp³-hybridized carbons (Fsp3) is 0.900. The van der Waals surface area contributed by atoms with Crippen molar-refractivity contribution in [3.8, 4) is 0 Å². The maximum absolute atomic E-state index is 11.6. The number of carbonyl (C=O) groups excluding carboxylic acids is 1. The lowest BCUT2D eigenvalue weighted by Crippen LogP contribution is -2.52. The number of nitrogens with one attached hydrogen (secondary N) is 1. The van der Waals surface area contributed by atoms with E-state index in [0.29, 0.717) is 6.04 Å². The van der Waals surface area contributed by atoms with Gasteiger partial charge in [-0.25, -0.2) is 0 Å². The Hall–Kier alpha value is -0.570. The molecule has 76 valence electrons. The maximum Gasteiger partial charge on any atom is 0.237 e. The summed E-state index contributed by atoms with van der Waals surface area (Å²) in [6, 6.07) is -0.00556. The van der Waals surface area contributed by atoms with Gasteiger partial charge in [0.05, 0.1) is 6.04 Å². The molecular formula is C10H20N2O. The monoisotopic (exact) mass is 184 g/mol. The zero-order chi connectivity index (χ0) is 10.1. The van der Waals surface area contributed by atoms with Crippen LogP contribution in [0.15, 0.2) is 0 Å². The molecule has 0 unspecified atom stereocenters. The Morgan fingerprint density at radius 3 is 2.31 bits per heavy atom. The number of hydrogen-bond acceptors (Lipinski definition) is 2. The molecule has 1 aliphatic rings. The van der Waals surface area contributed by atoms with E-state index in [1.165, 1.54) is 6.42 Å². The Balaban J connectivity index is 2.37. The van der Waals surface area contributed by atoms with Crippen LogP contribution in [-0.4, -0.2) is 18.0 Å². The highest BCUT2D eigenvalue weighted by molar-refractivity contribution is 5.82. The lowest BCUT2D eigenvalue weighted by atomic mass is 9.86. The fourth-order valence-electron chi connectivity index (χ4n) is 1.24. The molecule has 0 spiro atoms. The summed E-state index contributed by atoms with van der Waals surface area (Å²) in [5.41, 5.74) is 5.66. The molecular weight excluding hydrogens is 164 g/mol. The first-order valence-corrected chi connectivity index (χ1v) is 4.97. The minimum Gasteiger partial charge on any atom is -0.352 e. The molecule has 0 bridgehead atoms. The summed E-state index contributed by atoms with van der Waals surface area (Å²) in [7, 11) is 0. The first kappa shape index (κ1) is 10.5. The van der Waals surface area contributed by atoms with Gasteiger partial charge in [0.25, 0.3) is 0 Å². The van der Waals surface area contributed by atoms with Crippen molar-refractivity contribution in [2.45, 2.75) is 52.1 Å². The first-order chi connectivity index (χ1) is 5.91. The van der Waals surface area contributed by atoms with Crippen LogP contribution in [0.2, 0.25) is 0 Å². The zero-order valence-electron chi connectivity index (χ0n) is 8.76. The van der Waals surface area contributed by atoms with Crippen LogP contribution in [0.4, 0.5) is 0 Å². The third-order valence-electron chi connectivity index (χ3n) is 2.67. The van der Waals surface area contributed by atoms with E-state index in [2.05, 4.69) is 5.32 Å². The molecule has 1 aliphatic carbocycles. The largest absolute Gasteiger partial charge is 0.352 e. The Bertz CT molecular complexity index is 192. The van der Waals surface area contributed by atoms with Gasteiger partial charge >= 0.3 is 0 Å². The number of amides is 1. The summed E-state index contributed by atoms with van der Waals surface area (Å²) in [4.78, 5) is 11.6. The van der Waals surface area contributed by atoms with E-state index in [9.17, 15) is 4.79 Å². The minimum absolute atomic E-state index is 0.00259. The summed E-state index contributed by atoms with van der Waals surface area (Å²) in [5.74, 6) is -0.00259. The van der Waals surface area contributed by atoms with Crippen molar-refractivity contribution in [1.29, 1.82) is 0 Å². The van der Waals surface area contributed by atoms with Crippen molar-refractivity contribution in [2.24, 2.45) is 11.1 Å². The van der Waals surface area contributed by atoms with Gasteiger partial charge in [-0.3, -0.25) is 4.79 Å². The molecule has 0 radical (unpaired) electrons. The molecule has 0 saturated heterocycles. The molecule has 13 heavy (non-hydrogen) atoms. The second kappa shape index (κ2) is 3.66. The summed E-state index contributed by atoms with van der Waals surface area (Å²) in [6.07, 6.45) is 3.46. The fourth-order valence-corrected chi connectivity index (χ4v) is 1.24. The van der Waals surface area contributed by atoms with Crippen molar-refractivity contribution in [3.05, 3.63) is 0 Å². The number of nitrogens with two attached hydrogens (primary N) is 1. The van der Waals surface area contributed by atoms with Crippen LogP contribution in [0, 0.1) is 5.41 Å². The smallest absolute Gasteiger partial charge is 0.237 e. The average Bonchev–Trinajstić information content (AvgIpc) is 1.93. The Kier molecular flexibility index (Phi) is 2.96. The lowest BCUT2D eigenvalue weighted by Gasteiger charge is -2.31. The first-order valence-electron chi connectivity index (χ1n) is 4.97. The van der Waals surface area contributed by atoms with E-state index in [1.807, 2.05) is 20.8 Å². The molecule has 3 heteroatoms. The van der Waals surface area contributed by atoms with Crippen molar-refractivity contribution >= 4 is 5.91 Å². The topological polar surface area (TPSA) is 55.1 Å². The highest BCUT2D eigenvalue weighted by atomic mass is 16.2.